The summed E-state index contributed by atoms with van der Waals surface area (Å²) in [5.41, 5.74) is 2.71. The number of carbonyl (C=O) groups is 1. The summed E-state index contributed by atoms with van der Waals surface area (Å²) in [7, 11) is 0. The molecule has 0 radical (unpaired) electrons. The van der Waals surface area contributed by atoms with Crippen LogP contribution in [0.4, 0.5) is 11.4 Å². The van der Waals surface area contributed by atoms with Crippen LogP contribution in [0.3, 0.4) is 0 Å². The second-order valence-corrected chi connectivity index (χ2v) is 5.85. The second-order valence-electron chi connectivity index (χ2n) is 5.44. The summed E-state index contributed by atoms with van der Waals surface area (Å²) in [6.45, 7) is 1.90. The van der Waals surface area contributed by atoms with Crippen molar-refractivity contribution in [2.45, 2.75) is 6.92 Å². The number of hydrogen-bond donors (Lipinski definition) is 3. The number of benzene rings is 3. The number of anilines is 2. The number of carboxylic acid groups (broad SMARTS) is 1. The first kappa shape index (κ1) is 16.0. The van der Waals surface area contributed by atoms with E-state index in [1.54, 1.807) is 18.2 Å². The molecule has 120 valence electrons. The molecular formula is C19H16N2O2S. The number of fused-ring (bicyclic) bond motifs is 1. The Morgan fingerprint density at radius 1 is 0.958 bits per heavy atom. The van der Waals surface area contributed by atoms with Gasteiger partial charge in [0.2, 0.25) is 0 Å². The molecule has 3 aromatic carbocycles. The summed E-state index contributed by atoms with van der Waals surface area (Å²) in [5.74, 6) is -0.967. The molecule has 0 amide bonds. The summed E-state index contributed by atoms with van der Waals surface area (Å²) in [4.78, 5) is 11.1. The molecule has 5 heteroatoms. The van der Waals surface area contributed by atoms with E-state index in [-0.39, 0.29) is 5.56 Å². The van der Waals surface area contributed by atoms with E-state index in [1.807, 2.05) is 49.4 Å². The van der Waals surface area contributed by atoms with Gasteiger partial charge in [-0.25, -0.2) is 4.79 Å². The molecule has 0 aromatic heterocycles. The third-order valence-corrected chi connectivity index (χ3v) is 3.97. The Hall–Kier alpha value is -2.92. The minimum absolute atomic E-state index is 0.219. The van der Waals surface area contributed by atoms with Crippen LogP contribution in [-0.4, -0.2) is 16.2 Å². The number of thiocarbonyl (C=S) groups is 1. The van der Waals surface area contributed by atoms with E-state index in [2.05, 4.69) is 10.6 Å². The third kappa shape index (κ3) is 3.36. The van der Waals surface area contributed by atoms with Crippen molar-refractivity contribution in [3.63, 3.8) is 0 Å². The van der Waals surface area contributed by atoms with Crippen molar-refractivity contribution in [2.24, 2.45) is 0 Å². The Balaban J connectivity index is 1.83. The monoisotopic (exact) mass is 336 g/mol. The normalized spacial score (nSPS) is 10.4. The quantitative estimate of drug-likeness (QED) is 0.608. The molecule has 0 bridgehead atoms. The fraction of sp³-hybridized carbons (Fsp3) is 0.0526. The van der Waals surface area contributed by atoms with E-state index in [0.29, 0.717) is 10.8 Å². The van der Waals surface area contributed by atoms with Crippen LogP contribution < -0.4 is 10.6 Å². The maximum absolute atomic E-state index is 11.1. The number of hydrogen-bond acceptors (Lipinski definition) is 2. The smallest absolute Gasteiger partial charge is 0.335 e. The molecule has 0 saturated heterocycles. The van der Waals surface area contributed by atoms with Crippen molar-refractivity contribution in [1.82, 2.24) is 0 Å². The fourth-order valence-corrected chi connectivity index (χ4v) is 2.72. The molecule has 4 nitrogen and oxygen atoms in total. The number of aryl methyl sites for hydroxylation is 1. The minimum Gasteiger partial charge on any atom is -0.478 e. The molecule has 0 fully saturated rings. The Kier molecular flexibility index (Phi) is 4.44. The highest BCUT2D eigenvalue weighted by atomic mass is 32.1. The predicted octanol–water partition coefficient (Wildman–Crippen LogP) is 4.66. The molecular weight excluding hydrogens is 320 g/mol. The van der Waals surface area contributed by atoms with E-state index < -0.39 is 5.97 Å². The van der Waals surface area contributed by atoms with Crippen molar-refractivity contribution < 1.29 is 9.90 Å². The van der Waals surface area contributed by atoms with Crippen molar-refractivity contribution in [3.05, 3.63) is 71.8 Å². The van der Waals surface area contributed by atoms with Crippen LogP contribution in [0.1, 0.15) is 15.9 Å². The SMILES string of the molecule is Cc1ccc(C(=O)O)cc1NC(=S)Nc1cccc2ccccc12. The van der Waals surface area contributed by atoms with Gasteiger partial charge in [-0.3, -0.25) is 0 Å². The molecule has 0 aliphatic rings. The van der Waals surface area contributed by atoms with Crippen molar-refractivity contribution in [3.8, 4) is 0 Å². The Labute approximate surface area is 145 Å². The first-order valence-corrected chi connectivity index (χ1v) is 7.85. The Bertz CT molecular complexity index is 932. The predicted molar refractivity (Wildman–Crippen MR) is 102 cm³/mol. The maximum atomic E-state index is 11.1. The molecule has 0 aliphatic carbocycles. The van der Waals surface area contributed by atoms with Gasteiger partial charge in [-0.2, -0.15) is 0 Å². The first-order chi connectivity index (χ1) is 11.5. The first-order valence-electron chi connectivity index (χ1n) is 7.44. The van der Waals surface area contributed by atoms with Crippen LogP contribution in [0.2, 0.25) is 0 Å². The van der Waals surface area contributed by atoms with E-state index in [4.69, 9.17) is 17.3 Å². The number of rotatable bonds is 3. The molecule has 24 heavy (non-hydrogen) atoms. The van der Waals surface area contributed by atoms with Crippen LogP contribution in [0.15, 0.2) is 60.7 Å². The van der Waals surface area contributed by atoms with Crippen molar-refractivity contribution in [2.75, 3.05) is 10.6 Å². The molecule has 3 aromatic rings. The van der Waals surface area contributed by atoms with Gasteiger partial charge in [0.05, 0.1) is 5.56 Å². The van der Waals surface area contributed by atoms with E-state index in [0.717, 1.165) is 22.0 Å². The number of nitrogens with one attached hydrogen (secondary N) is 2. The average molecular weight is 336 g/mol. The molecule has 0 heterocycles. The van der Waals surface area contributed by atoms with Gasteiger partial charge in [-0.05, 0) is 48.3 Å². The van der Waals surface area contributed by atoms with Gasteiger partial charge in [0.1, 0.15) is 0 Å². The van der Waals surface area contributed by atoms with Gasteiger partial charge >= 0.3 is 5.97 Å². The van der Waals surface area contributed by atoms with Crippen molar-refractivity contribution >= 4 is 45.4 Å². The standard InChI is InChI=1S/C19H16N2O2S/c1-12-9-10-14(18(22)23)11-17(12)21-19(24)20-16-8-4-6-13-5-2-3-7-15(13)16/h2-11H,1H3,(H,22,23)(H2,20,21,24). The summed E-state index contributed by atoms with van der Waals surface area (Å²) in [5, 5.41) is 18.0. The van der Waals surface area contributed by atoms with Crippen LogP contribution in [-0.2, 0) is 0 Å². The van der Waals surface area contributed by atoms with Crippen LogP contribution in [0, 0.1) is 6.92 Å². The molecule has 3 rings (SSSR count). The summed E-state index contributed by atoms with van der Waals surface area (Å²) in [6, 6.07) is 18.9. The average Bonchev–Trinajstić information content (AvgIpc) is 2.57. The molecule has 0 spiro atoms. The molecule has 3 N–H and O–H groups in total. The van der Waals surface area contributed by atoms with Gasteiger partial charge in [0.15, 0.2) is 5.11 Å². The lowest BCUT2D eigenvalue weighted by molar-refractivity contribution is 0.0697. The summed E-state index contributed by atoms with van der Waals surface area (Å²) >= 11 is 5.38. The summed E-state index contributed by atoms with van der Waals surface area (Å²) in [6.07, 6.45) is 0. The Morgan fingerprint density at radius 2 is 1.67 bits per heavy atom. The van der Waals surface area contributed by atoms with Crippen LogP contribution >= 0.6 is 12.2 Å². The molecule has 0 aliphatic heterocycles. The van der Waals surface area contributed by atoms with Gasteiger partial charge in [-0.15, -0.1) is 0 Å². The van der Waals surface area contributed by atoms with E-state index >= 15 is 0 Å². The Morgan fingerprint density at radius 3 is 2.46 bits per heavy atom. The lowest BCUT2D eigenvalue weighted by atomic mass is 10.1. The number of aromatic carboxylic acids is 1. The highest BCUT2D eigenvalue weighted by Crippen LogP contribution is 2.23. The zero-order chi connectivity index (χ0) is 17.1. The molecule has 0 atom stereocenters. The number of carboxylic acids is 1. The van der Waals surface area contributed by atoms with Gasteiger partial charge in [0, 0.05) is 16.8 Å². The zero-order valence-electron chi connectivity index (χ0n) is 13.0. The van der Waals surface area contributed by atoms with Crippen LogP contribution in [0.25, 0.3) is 10.8 Å². The van der Waals surface area contributed by atoms with E-state index in [9.17, 15) is 4.79 Å². The molecule has 0 saturated carbocycles. The third-order valence-electron chi connectivity index (χ3n) is 3.77. The van der Waals surface area contributed by atoms with E-state index in [1.165, 1.54) is 0 Å². The lowest BCUT2D eigenvalue weighted by Gasteiger charge is -2.14. The highest BCUT2D eigenvalue weighted by Gasteiger charge is 2.08. The lowest BCUT2D eigenvalue weighted by Crippen LogP contribution is -2.20. The second kappa shape index (κ2) is 6.68. The fourth-order valence-electron chi connectivity index (χ4n) is 2.50. The maximum Gasteiger partial charge on any atom is 0.335 e. The largest absolute Gasteiger partial charge is 0.478 e. The van der Waals surface area contributed by atoms with Gasteiger partial charge in [-0.1, -0.05) is 42.5 Å². The minimum atomic E-state index is -0.967. The molecule has 0 unspecified atom stereocenters. The van der Waals surface area contributed by atoms with Crippen LogP contribution in [0.5, 0.6) is 0 Å². The van der Waals surface area contributed by atoms with Crippen molar-refractivity contribution in [1.29, 1.82) is 0 Å². The van der Waals surface area contributed by atoms with Gasteiger partial charge in [0.25, 0.3) is 0 Å². The van der Waals surface area contributed by atoms with Gasteiger partial charge < -0.3 is 15.7 Å². The highest BCUT2D eigenvalue weighted by molar-refractivity contribution is 7.80. The topological polar surface area (TPSA) is 61.4 Å². The zero-order valence-corrected chi connectivity index (χ0v) is 13.9. The summed E-state index contributed by atoms with van der Waals surface area (Å²) < 4.78 is 0.